The Morgan fingerprint density at radius 2 is 1.38 bits per heavy atom. The molecule has 1 rings (SSSR count). The first kappa shape index (κ1) is 30.0. The van der Waals surface area contributed by atoms with Crippen LogP contribution in [0, 0.1) is 0 Å². The predicted octanol–water partition coefficient (Wildman–Crippen LogP) is 9.95. The number of hydrogen-bond donors (Lipinski definition) is 0. The van der Waals surface area contributed by atoms with Crippen molar-refractivity contribution in [3.05, 3.63) is 46.1 Å². The molecular weight excluding hydrogens is 511 g/mol. The van der Waals surface area contributed by atoms with Crippen LogP contribution in [0.25, 0.3) is 0 Å². The van der Waals surface area contributed by atoms with E-state index in [1.807, 2.05) is 0 Å². The maximum atomic E-state index is 7.02. The monoisotopic (exact) mass is 566 g/mol. The van der Waals surface area contributed by atoms with Gasteiger partial charge in [-0.2, -0.15) is 0 Å². The standard InChI is InChI=1S/C17H27OSi.3C4H9.Sn/c1-7-16(18-19(5,6)17(2,3)4)14-13-15-11-9-8-10-12-15;3*1-3-4-2;/h1,7-12,16H,13-14H2,2-6H3;3*1,3-4H2,2H3;/t16-;;;;/m1..../s1. The SMILES string of the molecule is CCC[CH2][Sn](/[CH]=C/[C@H](CCc1ccccc1)O[Si](C)(C)C(C)(C)C)([CH2]CCC)[CH2]CCC. The van der Waals surface area contributed by atoms with Crippen molar-refractivity contribution in [1.29, 1.82) is 0 Å². The summed E-state index contributed by atoms with van der Waals surface area (Å²) in [5, 5.41) is 0.249. The topological polar surface area (TPSA) is 9.23 Å². The Kier molecular flexibility index (Phi) is 14.1. The van der Waals surface area contributed by atoms with Crippen LogP contribution in [0.4, 0.5) is 0 Å². The number of unbranched alkanes of at least 4 members (excludes halogenated alkanes) is 3. The molecule has 0 N–H and O–H groups in total. The number of rotatable bonds is 16. The number of hydrogen-bond acceptors (Lipinski definition) is 1. The van der Waals surface area contributed by atoms with Gasteiger partial charge >= 0.3 is 208 Å². The Bertz CT molecular complexity index is 611. The summed E-state index contributed by atoms with van der Waals surface area (Å²) in [6.07, 6.45) is 13.3. The molecule has 0 aliphatic rings. The van der Waals surface area contributed by atoms with Crippen LogP contribution in [0.5, 0.6) is 0 Å². The van der Waals surface area contributed by atoms with Gasteiger partial charge in [-0.15, -0.1) is 0 Å². The Morgan fingerprint density at radius 3 is 1.81 bits per heavy atom. The van der Waals surface area contributed by atoms with Crippen molar-refractivity contribution in [1.82, 2.24) is 0 Å². The zero-order valence-corrected chi connectivity index (χ0v) is 26.7. The second kappa shape index (κ2) is 15.0. The van der Waals surface area contributed by atoms with Gasteiger partial charge in [-0.1, -0.05) is 0 Å². The van der Waals surface area contributed by atoms with Crippen LogP contribution in [0.1, 0.15) is 92.1 Å². The minimum atomic E-state index is -2.29. The molecule has 0 unspecified atom stereocenters. The normalized spacial score (nSPS) is 14.2. The molecule has 0 aliphatic carbocycles. The van der Waals surface area contributed by atoms with Gasteiger partial charge in [-0.05, 0) is 0 Å². The molecule has 0 saturated heterocycles. The fraction of sp³-hybridized carbons (Fsp3) is 0.724. The van der Waals surface area contributed by atoms with E-state index >= 15 is 0 Å². The summed E-state index contributed by atoms with van der Waals surface area (Å²) in [6, 6.07) is 11.0. The summed E-state index contributed by atoms with van der Waals surface area (Å²) >= 11 is -2.29. The summed E-state index contributed by atoms with van der Waals surface area (Å²) in [6.45, 7) is 19.0. The molecule has 0 amide bonds. The number of benzene rings is 1. The van der Waals surface area contributed by atoms with Gasteiger partial charge in [0.1, 0.15) is 0 Å². The molecule has 1 aromatic rings. The molecule has 184 valence electrons. The fourth-order valence-electron chi connectivity index (χ4n) is 4.23. The van der Waals surface area contributed by atoms with Crippen LogP contribution >= 0.6 is 0 Å². The van der Waals surface area contributed by atoms with Crippen molar-refractivity contribution >= 4 is 26.7 Å². The quantitative estimate of drug-likeness (QED) is 0.181. The average molecular weight is 566 g/mol. The molecule has 0 aromatic heterocycles. The minimum absolute atomic E-state index is 0.249. The van der Waals surface area contributed by atoms with E-state index in [0.29, 0.717) is 0 Å². The second-order valence-corrected chi connectivity index (χ2v) is 29.2. The van der Waals surface area contributed by atoms with Gasteiger partial charge in [0.05, 0.1) is 0 Å². The van der Waals surface area contributed by atoms with Crippen molar-refractivity contribution < 1.29 is 4.43 Å². The molecule has 1 aromatic carbocycles. The van der Waals surface area contributed by atoms with E-state index in [0.717, 1.165) is 12.8 Å². The van der Waals surface area contributed by atoms with Crippen LogP contribution in [0.3, 0.4) is 0 Å². The van der Waals surface area contributed by atoms with E-state index in [1.165, 1.54) is 57.4 Å². The van der Waals surface area contributed by atoms with E-state index in [-0.39, 0.29) is 11.1 Å². The molecule has 0 fully saturated rings. The first-order valence-corrected chi connectivity index (χ1v) is 24.1. The number of aryl methyl sites for hydroxylation is 1. The fourth-order valence-corrected chi connectivity index (χ4v) is 19.9. The zero-order valence-electron chi connectivity index (χ0n) is 22.8. The Labute approximate surface area is 206 Å². The summed E-state index contributed by atoms with van der Waals surface area (Å²) in [5.74, 6) is 0. The van der Waals surface area contributed by atoms with Gasteiger partial charge in [0.15, 0.2) is 0 Å². The van der Waals surface area contributed by atoms with Gasteiger partial charge in [0.25, 0.3) is 0 Å². The molecule has 0 radical (unpaired) electrons. The van der Waals surface area contributed by atoms with Crippen LogP contribution in [0.2, 0.25) is 31.4 Å². The van der Waals surface area contributed by atoms with Crippen LogP contribution < -0.4 is 0 Å². The van der Waals surface area contributed by atoms with Crippen molar-refractivity contribution in [2.24, 2.45) is 0 Å². The third-order valence-electron chi connectivity index (χ3n) is 7.56. The van der Waals surface area contributed by atoms with Crippen molar-refractivity contribution in [2.45, 2.75) is 130 Å². The third-order valence-corrected chi connectivity index (χ3v) is 26.2. The first-order valence-electron chi connectivity index (χ1n) is 13.5. The predicted molar refractivity (Wildman–Crippen MR) is 151 cm³/mol. The van der Waals surface area contributed by atoms with Crippen LogP contribution in [0.15, 0.2) is 40.5 Å². The molecule has 0 spiro atoms. The van der Waals surface area contributed by atoms with Gasteiger partial charge in [-0.25, -0.2) is 0 Å². The molecule has 1 nitrogen and oxygen atoms in total. The Morgan fingerprint density at radius 1 is 0.875 bits per heavy atom. The third kappa shape index (κ3) is 10.9. The van der Waals surface area contributed by atoms with E-state index in [4.69, 9.17) is 4.43 Å². The summed E-state index contributed by atoms with van der Waals surface area (Å²) in [7, 11) is -1.81. The first-order chi connectivity index (χ1) is 15.1. The van der Waals surface area contributed by atoms with E-state index in [2.05, 4.69) is 95.1 Å². The van der Waals surface area contributed by atoms with Gasteiger partial charge in [0, 0.05) is 0 Å². The van der Waals surface area contributed by atoms with Gasteiger partial charge in [-0.3, -0.25) is 0 Å². The van der Waals surface area contributed by atoms with E-state index in [1.54, 1.807) is 0 Å². The molecular formula is C29H54OSiSn. The van der Waals surface area contributed by atoms with Gasteiger partial charge in [0.2, 0.25) is 0 Å². The molecule has 3 heteroatoms. The zero-order chi connectivity index (χ0) is 24.1. The second-order valence-electron chi connectivity index (χ2n) is 11.5. The van der Waals surface area contributed by atoms with Crippen molar-refractivity contribution in [2.75, 3.05) is 0 Å². The average Bonchev–Trinajstić information content (AvgIpc) is 2.76. The Hall–Kier alpha value is -0.0644. The van der Waals surface area contributed by atoms with Crippen LogP contribution in [-0.4, -0.2) is 32.8 Å². The molecule has 0 saturated carbocycles. The molecule has 0 heterocycles. The van der Waals surface area contributed by atoms with E-state index in [9.17, 15) is 0 Å². The summed E-state index contributed by atoms with van der Waals surface area (Å²) in [4.78, 5) is 0. The molecule has 32 heavy (non-hydrogen) atoms. The Balaban J connectivity index is 3.15. The van der Waals surface area contributed by atoms with E-state index < -0.39 is 26.7 Å². The van der Waals surface area contributed by atoms with Crippen molar-refractivity contribution in [3.8, 4) is 0 Å². The molecule has 0 bridgehead atoms. The van der Waals surface area contributed by atoms with Crippen LogP contribution in [-0.2, 0) is 10.8 Å². The maximum absolute atomic E-state index is 7.02. The summed E-state index contributed by atoms with van der Waals surface area (Å²) in [5.41, 5.74) is 1.43. The molecule has 1 atom stereocenters. The molecule has 0 aliphatic heterocycles. The van der Waals surface area contributed by atoms with Crippen molar-refractivity contribution in [3.63, 3.8) is 0 Å². The summed E-state index contributed by atoms with van der Waals surface area (Å²) < 4.78 is 14.5. The van der Waals surface area contributed by atoms with Gasteiger partial charge < -0.3 is 0 Å².